The number of fused-ring (bicyclic) bond motifs is 1. The third kappa shape index (κ3) is 3.29. The molecule has 0 saturated carbocycles. The number of imidazole rings is 1. The highest BCUT2D eigenvalue weighted by Crippen LogP contribution is 2.25. The van der Waals surface area contributed by atoms with E-state index < -0.39 is 0 Å². The fourth-order valence-electron chi connectivity index (χ4n) is 3.12. The van der Waals surface area contributed by atoms with E-state index in [-0.39, 0.29) is 11.3 Å². The summed E-state index contributed by atoms with van der Waals surface area (Å²) in [5.41, 5.74) is 3.11. The Balaban J connectivity index is 1.63. The zero-order chi connectivity index (χ0) is 19.9. The first-order valence-electron chi connectivity index (χ1n) is 9.16. The van der Waals surface area contributed by atoms with E-state index in [1.165, 1.54) is 0 Å². The van der Waals surface area contributed by atoms with Crippen LogP contribution in [0.5, 0.6) is 0 Å². The number of carbonyl (C=O) groups is 1. The van der Waals surface area contributed by atoms with E-state index >= 15 is 0 Å². The lowest BCUT2D eigenvalue weighted by Gasteiger charge is -2.12. The van der Waals surface area contributed by atoms with Gasteiger partial charge in [0.25, 0.3) is 5.91 Å². The van der Waals surface area contributed by atoms with Crippen molar-refractivity contribution < 1.29 is 9.32 Å². The highest BCUT2D eigenvalue weighted by Gasteiger charge is 2.21. The lowest BCUT2D eigenvalue weighted by Crippen LogP contribution is -2.12. The van der Waals surface area contributed by atoms with Crippen molar-refractivity contribution in [2.24, 2.45) is 0 Å². The maximum absolute atomic E-state index is 12.7. The summed E-state index contributed by atoms with van der Waals surface area (Å²) in [6, 6.07) is 17.3. The average molecular weight is 374 g/mol. The van der Waals surface area contributed by atoms with Crippen LogP contribution in [0.4, 0.5) is 5.82 Å². The van der Waals surface area contributed by atoms with Crippen molar-refractivity contribution in [2.75, 3.05) is 5.32 Å². The summed E-state index contributed by atoms with van der Waals surface area (Å²) < 4.78 is 7.40. The summed E-state index contributed by atoms with van der Waals surface area (Å²) in [4.78, 5) is 17.3. The van der Waals surface area contributed by atoms with Crippen LogP contribution in [0.3, 0.4) is 0 Å². The van der Waals surface area contributed by atoms with Gasteiger partial charge in [-0.3, -0.25) is 9.36 Å². The van der Waals surface area contributed by atoms with Gasteiger partial charge in [0.15, 0.2) is 5.82 Å². The summed E-state index contributed by atoms with van der Waals surface area (Å²) in [6.07, 6.45) is 0. The number of benzene rings is 2. The average Bonchev–Trinajstić information content (AvgIpc) is 3.25. The van der Waals surface area contributed by atoms with E-state index in [0.717, 1.165) is 28.3 Å². The van der Waals surface area contributed by atoms with Crippen LogP contribution in [0.15, 0.2) is 59.1 Å². The molecule has 6 nitrogen and oxygen atoms in total. The summed E-state index contributed by atoms with van der Waals surface area (Å²) >= 11 is 0. The lowest BCUT2D eigenvalue weighted by molar-refractivity contribution is 0.102. The van der Waals surface area contributed by atoms with Crippen LogP contribution in [0.25, 0.3) is 16.7 Å². The van der Waals surface area contributed by atoms with Gasteiger partial charge in [0, 0.05) is 22.7 Å². The fourth-order valence-corrected chi connectivity index (χ4v) is 3.12. The van der Waals surface area contributed by atoms with Gasteiger partial charge in [0.05, 0.1) is 11.0 Å². The van der Waals surface area contributed by atoms with Crippen LogP contribution < -0.4 is 5.32 Å². The standard InChI is InChI=1S/C22H22N4O2/c1-14-23-17-12-15(10-11-18(17)26(14)16-8-6-5-7-9-16)21(27)24-20-13-19(28-25-20)22(2,3)4/h5-13H,1-4H3,(H,24,25,27). The van der Waals surface area contributed by atoms with Gasteiger partial charge in [-0.25, -0.2) is 4.98 Å². The molecule has 1 amide bonds. The minimum atomic E-state index is -0.248. The van der Waals surface area contributed by atoms with E-state index in [4.69, 9.17) is 4.52 Å². The van der Waals surface area contributed by atoms with Crippen LogP contribution in [-0.4, -0.2) is 20.6 Å². The molecule has 142 valence electrons. The van der Waals surface area contributed by atoms with Crippen molar-refractivity contribution in [3.05, 3.63) is 71.7 Å². The lowest BCUT2D eigenvalue weighted by atomic mass is 9.93. The minimum Gasteiger partial charge on any atom is -0.359 e. The molecule has 0 fully saturated rings. The molecule has 1 N–H and O–H groups in total. The second kappa shape index (κ2) is 6.64. The zero-order valence-corrected chi connectivity index (χ0v) is 16.4. The Morgan fingerprint density at radius 1 is 1.07 bits per heavy atom. The molecule has 0 saturated heterocycles. The normalized spacial score (nSPS) is 11.7. The molecule has 0 atom stereocenters. The van der Waals surface area contributed by atoms with Crippen LogP contribution in [0.1, 0.15) is 42.7 Å². The number of anilines is 1. The van der Waals surface area contributed by atoms with Gasteiger partial charge < -0.3 is 9.84 Å². The largest absolute Gasteiger partial charge is 0.359 e. The van der Waals surface area contributed by atoms with Crippen molar-refractivity contribution in [1.82, 2.24) is 14.7 Å². The third-order valence-electron chi connectivity index (χ3n) is 4.59. The smallest absolute Gasteiger partial charge is 0.256 e. The second-order valence-corrected chi connectivity index (χ2v) is 7.81. The second-order valence-electron chi connectivity index (χ2n) is 7.81. The Bertz CT molecular complexity index is 1150. The first kappa shape index (κ1) is 18.0. The van der Waals surface area contributed by atoms with Gasteiger partial charge in [0.2, 0.25) is 0 Å². The highest BCUT2D eigenvalue weighted by atomic mass is 16.5. The summed E-state index contributed by atoms with van der Waals surface area (Å²) in [6.45, 7) is 8.03. The van der Waals surface area contributed by atoms with Gasteiger partial charge in [-0.1, -0.05) is 44.1 Å². The molecule has 4 rings (SSSR count). The number of aryl methyl sites for hydroxylation is 1. The molecule has 4 aromatic rings. The van der Waals surface area contributed by atoms with Gasteiger partial charge in [0.1, 0.15) is 11.6 Å². The molecule has 2 aromatic carbocycles. The van der Waals surface area contributed by atoms with E-state index in [2.05, 4.69) is 20.0 Å². The Kier molecular flexibility index (Phi) is 4.26. The molecule has 0 aliphatic heterocycles. The quantitative estimate of drug-likeness (QED) is 0.555. The van der Waals surface area contributed by atoms with Crippen molar-refractivity contribution in [2.45, 2.75) is 33.1 Å². The Hall–Kier alpha value is -3.41. The van der Waals surface area contributed by atoms with Crippen LogP contribution in [-0.2, 0) is 5.41 Å². The Labute approximate surface area is 163 Å². The molecule has 0 unspecified atom stereocenters. The summed E-state index contributed by atoms with van der Waals surface area (Å²) in [5, 5.41) is 6.73. The highest BCUT2D eigenvalue weighted by molar-refractivity contribution is 6.05. The van der Waals surface area contributed by atoms with Crippen molar-refractivity contribution in [1.29, 1.82) is 0 Å². The van der Waals surface area contributed by atoms with Crippen LogP contribution in [0.2, 0.25) is 0 Å². The van der Waals surface area contributed by atoms with Gasteiger partial charge >= 0.3 is 0 Å². The Morgan fingerprint density at radius 3 is 2.50 bits per heavy atom. The molecular weight excluding hydrogens is 352 g/mol. The molecule has 0 radical (unpaired) electrons. The number of rotatable bonds is 3. The van der Waals surface area contributed by atoms with Crippen molar-refractivity contribution in [3.8, 4) is 5.69 Å². The number of hydrogen-bond acceptors (Lipinski definition) is 4. The fraction of sp³-hybridized carbons (Fsp3) is 0.227. The predicted molar refractivity (Wildman–Crippen MR) is 109 cm³/mol. The molecular formula is C22H22N4O2. The maximum atomic E-state index is 12.7. The van der Waals surface area contributed by atoms with E-state index in [0.29, 0.717) is 11.4 Å². The molecule has 0 aliphatic carbocycles. The number of hydrogen-bond donors (Lipinski definition) is 1. The van der Waals surface area contributed by atoms with Crippen LogP contribution >= 0.6 is 0 Å². The molecule has 6 heteroatoms. The first-order chi connectivity index (χ1) is 13.3. The molecule has 2 heterocycles. The van der Waals surface area contributed by atoms with Gasteiger partial charge in [-0.05, 0) is 37.3 Å². The first-order valence-corrected chi connectivity index (χ1v) is 9.16. The zero-order valence-electron chi connectivity index (χ0n) is 16.4. The van der Waals surface area contributed by atoms with Crippen molar-refractivity contribution >= 4 is 22.8 Å². The number of carbonyl (C=O) groups excluding carboxylic acids is 1. The maximum Gasteiger partial charge on any atom is 0.256 e. The molecule has 2 aromatic heterocycles. The monoisotopic (exact) mass is 374 g/mol. The van der Waals surface area contributed by atoms with E-state index in [1.807, 2.05) is 64.1 Å². The molecule has 0 spiro atoms. The number of para-hydroxylation sites is 1. The molecule has 0 aliphatic rings. The Morgan fingerprint density at radius 2 is 1.82 bits per heavy atom. The van der Waals surface area contributed by atoms with E-state index in [1.54, 1.807) is 18.2 Å². The number of nitrogens with one attached hydrogen (secondary N) is 1. The topological polar surface area (TPSA) is 73.0 Å². The molecule has 28 heavy (non-hydrogen) atoms. The van der Waals surface area contributed by atoms with Gasteiger partial charge in [-0.2, -0.15) is 0 Å². The number of amides is 1. The summed E-state index contributed by atoms with van der Waals surface area (Å²) in [7, 11) is 0. The van der Waals surface area contributed by atoms with Crippen LogP contribution in [0, 0.1) is 6.92 Å². The third-order valence-corrected chi connectivity index (χ3v) is 4.59. The van der Waals surface area contributed by atoms with Crippen molar-refractivity contribution in [3.63, 3.8) is 0 Å². The SMILES string of the molecule is Cc1nc2cc(C(=O)Nc3cc(C(C)(C)C)on3)ccc2n1-c1ccccc1. The minimum absolute atomic E-state index is 0.170. The number of nitrogens with zero attached hydrogens (tertiary/aromatic N) is 3. The number of aromatic nitrogens is 3. The van der Waals surface area contributed by atoms with Gasteiger partial charge in [-0.15, -0.1) is 0 Å². The summed E-state index contributed by atoms with van der Waals surface area (Å²) in [5.74, 6) is 1.74. The predicted octanol–water partition coefficient (Wildman–Crippen LogP) is 4.87. The van der Waals surface area contributed by atoms with E-state index in [9.17, 15) is 4.79 Å². The molecule has 0 bridgehead atoms.